The van der Waals surface area contributed by atoms with E-state index >= 15 is 0 Å². The van der Waals surface area contributed by atoms with Crippen LogP contribution < -0.4 is 16.2 Å². The topological polar surface area (TPSA) is 112 Å². The number of carbonyl (C=O) groups is 3. The van der Waals surface area contributed by atoms with Gasteiger partial charge in [-0.2, -0.15) is 0 Å². The minimum Gasteiger partial charge on any atom is -0.444 e. The molecule has 0 atom stereocenters. The van der Waals surface area contributed by atoms with Crippen LogP contribution in [0.3, 0.4) is 0 Å². The minimum absolute atomic E-state index is 0.0204. The number of amides is 3. The molecule has 8 nitrogen and oxygen atoms in total. The Morgan fingerprint density at radius 1 is 1.08 bits per heavy atom. The Morgan fingerprint density at radius 3 is 2.50 bits per heavy atom. The van der Waals surface area contributed by atoms with Gasteiger partial charge in [0.15, 0.2) is 0 Å². The molecule has 1 aromatic heterocycles. The van der Waals surface area contributed by atoms with E-state index in [-0.39, 0.29) is 25.3 Å². The number of ether oxygens (including phenoxy) is 1. The Morgan fingerprint density at radius 2 is 1.77 bits per heavy atom. The Balaban J connectivity index is 1.69. The largest absolute Gasteiger partial charge is 0.444 e. The van der Waals surface area contributed by atoms with Crippen LogP contribution in [0.15, 0.2) is 30.5 Å². The summed E-state index contributed by atoms with van der Waals surface area (Å²) in [5.41, 5.74) is 5.89. The Bertz CT molecular complexity index is 792. The van der Waals surface area contributed by atoms with Gasteiger partial charge in [-0.05, 0) is 32.4 Å². The Kier molecular flexibility index (Phi) is 6.21. The molecule has 0 aliphatic rings. The zero-order valence-corrected chi connectivity index (χ0v) is 15.1. The first-order chi connectivity index (χ1) is 12.2. The quantitative estimate of drug-likeness (QED) is 0.609. The molecule has 1 heterocycles. The number of alkyl carbamates (subject to hydrolysis) is 1. The summed E-state index contributed by atoms with van der Waals surface area (Å²) in [7, 11) is 0. The van der Waals surface area contributed by atoms with Gasteiger partial charge in [0.1, 0.15) is 5.60 Å². The van der Waals surface area contributed by atoms with Crippen molar-refractivity contribution in [1.29, 1.82) is 0 Å². The molecular weight excluding hydrogens is 336 g/mol. The molecule has 0 aliphatic carbocycles. The molecule has 0 bridgehead atoms. The highest BCUT2D eigenvalue weighted by Gasteiger charge is 2.16. The average Bonchev–Trinajstić information content (AvgIpc) is 2.94. The highest BCUT2D eigenvalue weighted by atomic mass is 16.6. The number of rotatable bonds is 5. The van der Waals surface area contributed by atoms with E-state index in [1.807, 2.05) is 24.3 Å². The van der Waals surface area contributed by atoms with E-state index in [0.717, 1.165) is 16.5 Å². The second-order valence-corrected chi connectivity index (χ2v) is 6.81. The van der Waals surface area contributed by atoms with Crippen LogP contribution in [0.5, 0.6) is 0 Å². The number of nitrogens with one attached hydrogen (secondary N) is 4. The first kappa shape index (κ1) is 19.3. The van der Waals surface area contributed by atoms with E-state index in [1.165, 1.54) is 0 Å². The van der Waals surface area contributed by atoms with Crippen LogP contribution in [-0.4, -0.2) is 35.0 Å². The van der Waals surface area contributed by atoms with E-state index in [4.69, 9.17) is 4.74 Å². The summed E-state index contributed by atoms with van der Waals surface area (Å²) in [6.45, 7) is 5.37. The molecule has 2 aromatic rings. The first-order valence-corrected chi connectivity index (χ1v) is 8.34. The third-order valence-corrected chi connectivity index (χ3v) is 3.39. The van der Waals surface area contributed by atoms with Crippen molar-refractivity contribution in [2.75, 3.05) is 6.54 Å². The lowest BCUT2D eigenvalue weighted by molar-refractivity contribution is -0.128. The average molecular weight is 360 g/mol. The number of hydrazine groups is 1. The predicted molar refractivity (Wildman–Crippen MR) is 97.1 cm³/mol. The Hall–Kier alpha value is -3.03. The molecule has 2 rings (SSSR count). The van der Waals surface area contributed by atoms with Gasteiger partial charge in [-0.25, -0.2) is 4.79 Å². The van der Waals surface area contributed by atoms with Gasteiger partial charge < -0.3 is 15.0 Å². The van der Waals surface area contributed by atoms with Gasteiger partial charge in [0.2, 0.25) is 11.8 Å². The maximum absolute atomic E-state index is 12.0. The number of carbonyl (C=O) groups excluding carboxylic acids is 3. The molecule has 0 aliphatic heterocycles. The van der Waals surface area contributed by atoms with Crippen LogP contribution >= 0.6 is 0 Å². The summed E-state index contributed by atoms with van der Waals surface area (Å²) in [5, 5.41) is 3.44. The number of benzene rings is 1. The third kappa shape index (κ3) is 6.12. The van der Waals surface area contributed by atoms with Crippen LogP contribution in [-0.2, 0) is 20.7 Å². The van der Waals surface area contributed by atoms with Crippen molar-refractivity contribution in [3.8, 4) is 0 Å². The first-order valence-electron chi connectivity index (χ1n) is 8.34. The molecule has 0 spiro atoms. The molecule has 0 unspecified atom stereocenters. The lowest BCUT2D eigenvalue weighted by Crippen LogP contribution is -2.43. The van der Waals surface area contributed by atoms with Crippen molar-refractivity contribution in [1.82, 2.24) is 21.2 Å². The third-order valence-electron chi connectivity index (χ3n) is 3.39. The van der Waals surface area contributed by atoms with Crippen molar-refractivity contribution in [3.63, 3.8) is 0 Å². The predicted octanol–water partition coefficient (Wildman–Crippen LogP) is 1.77. The normalized spacial score (nSPS) is 11.0. The fraction of sp³-hybridized carbons (Fsp3) is 0.389. The van der Waals surface area contributed by atoms with Gasteiger partial charge >= 0.3 is 6.09 Å². The van der Waals surface area contributed by atoms with Crippen LogP contribution in [0.2, 0.25) is 0 Å². The number of para-hydroxylation sites is 1. The molecule has 8 heteroatoms. The zero-order chi connectivity index (χ0) is 19.2. The molecule has 0 radical (unpaired) electrons. The van der Waals surface area contributed by atoms with Gasteiger partial charge in [-0.15, -0.1) is 0 Å². The molecule has 1 aromatic carbocycles. The number of aromatic amines is 1. The maximum Gasteiger partial charge on any atom is 0.407 e. The molecule has 0 saturated heterocycles. The highest BCUT2D eigenvalue weighted by Crippen LogP contribution is 2.17. The van der Waals surface area contributed by atoms with Crippen LogP contribution in [0, 0.1) is 0 Å². The second kappa shape index (κ2) is 8.37. The Labute approximate surface area is 151 Å². The van der Waals surface area contributed by atoms with Crippen molar-refractivity contribution < 1.29 is 19.1 Å². The van der Waals surface area contributed by atoms with Crippen LogP contribution in [0.1, 0.15) is 32.8 Å². The van der Waals surface area contributed by atoms with Gasteiger partial charge in [0.05, 0.1) is 6.42 Å². The smallest absolute Gasteiger partial charge is 0.407 e. The number of hydrogen-bond acceptors (Lipinski definition) is 4. The molecule has 4 N–H and O–H groups in total. The number of hydrogen-bond donors (Lipinski definition) is 4. The SMILES string of the molecule is CC(C)(C)OC(=O)NCCC(=O)NNC(=O)Cc1c[nH]c2ccccc12. The summed E-state index contributed by atoms with van der Waals surface area (Å²) >= 11 is 0. The van der Waals surface area contributed by atoms with Gasteiger partial charge in [0, 0.05) is 30.1 Å². The van der Waals surface area contributed by atoms with Gasteiger partial charge in [-0.3, -0.25) is 20.4 Å². The van der Waals surface area contributed by atoms with E-state index in [2.05, 4.69) is 21.2 Å². The van der Waals surface area contributed by atoms with Crippen molar-refractivity contribution >= 4 is 28.8 Å². The molecule has 0 saturated carbocycles. The van der Waals surface area contributed by atoms with Gasteiger partial charge in [-0.1, -0.05) is 18.2 Å². The molecule has 26 heavy (non-hydrogen) atoms. The van der Waals surface area contributed by atoms with E-state index < -0.39 is 17.6 Å². The van der Waals surface area contributed by atoms with E-state index in [9.17, 15) is 14.4 Å². The molecule has 3 amide bonds. The lowest BCUT2D eigenvalue weighted by Gasteiger charge is -2.19. The van der Waals surface area contributed by atoms with Crippen molar-refractivity contribution in [2.24, 2.45) is 0 Å². The zero-order valence-electron chi connectivity index (χ0n) is 15.1. The minimum atomic E-state index is -0.595. The standard InChI is InChI=1S/C18H24N4O4/c1-18(2,3)26-17(25)19-9-8-15(23)21-22-16(24)10-12-11-20-14-7-5-4-6-13(12)14/h4-7,11,20H,8-10H2,1-3H3,(H,19,25)(H,21,23)(H,22,24). The second-order valence-electron chi connectivity index (χ2n) is 6.81. The number of aromatic nitrogens is 1. The lowest BCUT2D eigenvalue weighted by atomic mass is 10.1. The summed E-state index contributed by atoms with van der Waals surface area (Å²) in [6.07, 6.45) is 1.35. The van der Waals surface area contributed by atoms with E-state index in [1.54, 1.807) is 27.0 Å². The molecule has 140 valence electrons. The van der Waals surface area contributed by atoms with Crippen molar-refractivity contribution in [3.05, 3.63) is 36.0 Å². The molecule has 0 fully saturated rings. The number of H-pyrrole nitrogens is 1. The fourth-order valence-electron chi connectivity index (χ4n) is 2.29. The number of fused-ring (bicyclic) bond motifs is 1. The summed E-state index contributed by atoms with van der Waals surface area (Å²) in [5.74, 6) is -0.739. The summed E-state index contributed by atoms with van der Waals surface area (Å²) < 4.78 is 5.06. The van der Waals surface area contributed by atoms with Crippen LogP contribution in [0.25, 0.3) is 10.9 Å². The van der Waals surface area contributed by atoms with Crippen molar-refractivity contribution in [2.45, 2.75) is 39.2 Å². The highest BCUT2D eigenvalue weighted by molar-refractivity contribution is 5.89. The van der Waals surface area contributed by atoms with E-state index in [0.29, 0.717) is 0 Å². The monoisotopic (exact) mass is 360 g/mol. The summed E-state index contributed by atoms with van der Waals surface area (Å²) in [6, 6.07) is 7.66. The maximum atomic E-state index is 12.0. The fourth-order valence-corrected chi connectivity index (χ4v) is 2.29. The molecular formula is C18H24N4O4. The van der Waals surface area contributed by atoms with Crippen LogP contribution in [0.4, 0.5) is 4.79 Å². The van der Waals surface area contributed by atoms with Gasteiger partial charge in [0.25, 0.3) is 0 Å². The summed E-state index contributed by atoms with van der Waals surface area (Å²) in [4.78, 5) is 38.2.